The van der Waals surface area contributed by atoms with E-state index in [-0.39, 0.29) is 12.5 Å². The number of hydrazone groups is 1. The van der Waals surface area contributed by atoms with Crippen molar-refractivity contribution in [3.05, 3.63) is 46.7 Å². The Labute approximate surface area is 127 Å². The van der Waals surface area contributed by atoms with Crippen molar-refractivity contribution < 1.29 is 9.53 Å². The quantitative estimate of drug-likeness (QED) is 0.637. The maximum absolute atomic E-state index is 11.7. The molecule has 0 aliphatic heterocycles. The fourth-order valence-corrected chi connectivity index (χ4v) is 2.32. The summed E-state index contributed by atoms with van der Waals surface area (Å²) in [5.74, 6) is 0.542. The fourth-order valence-electron chi connectivity index (χ4n) is 1.64. The molecular formula is C15H17N3O2S. The van der Waals surface area contributed by atoms with Crippen LogP contribution in [0.5, 0.6) is 5.75 Å². The number of hydrogen-bond donors (Lipinski definition) is 2. The molecular weight excluding hydrogens is 286 g/mol. The molecule has 1 aromatic carbocycles. The number of nitrogens with one attached hydrogen (secondary N) is 2. The highest BCUT2D eigenvalue weighted by atomic mass is 32.1. The van der Waals surface area contributed by atoms with Crippen LogP contribution in [0.15, 0.2) is 46.9 Å². The lowest BCUT2D eigenvalue weighted by Crippen LogP contribution is -2.26. The van der Waals surface area contributed by atoms with Crippen LogP contribution in [0.3, 0.4) is 0 Å². The van der Waals surface area contributed by atoms with Gasteiger partial charge in [-0.25, -0.2) is 5.43 Å². The van der Waals surface area contributed by atoms with Crippen molar-refractivity contribution >= 4 is 28.6 Å². The van der Waals surface area contributed by atoms with Crippen molar-refractivity contribution in [2.45, 2.75) is 6.92 Å². The Hall–Kier alpha value is -2.34. The summed E-state index contributed by atoms with van der Waals surface area (Å²) in [4.78, 5) is 12.8. The number of amides is 1. The largest absolute Gasteiger partial charge is 0.497 e. The van der Waals surface area contributed by atoms with Gasteiger partial charge in [-0.1, -0.05) is 12.1 Å². The molecule has 21 heavy (non-hydrogen) atoms. The third-order valence-corrected chi connectivity index (χ3v) is 3.73. The predicted molar refractivity (Wildman–Crippen MR) is 86.2 cm³/mol. The Bertz CT molecular complexity index is 624. The topological polar surface area (TPSA) is 62.7 Å². The standard InChI is InChI=1S/C15H17N3O2S/c1-11(14-7-4-8-21-14)17-18-15(19)10-16-12-5-3-6-13(9-12)20-2/h3-9,16H,10H2,1-2H3,(H,18,19)/b17-11-. The molecule has 2 N–H and O–H groups in total. The van der Waals surface area contributed by atoms with Gasteiger partial charge < -0.3 is 10.1 Å². The summed E-state index contributed by atoms with van der Waals surface area (Å²) in [6, 6.07) is 11.3. The van der Waals surface area contributed by atoms with Gasteiger partial charge in [-0.2, -0.15) is 5.10 Å². The Morgan fingerprint density at radius 1 is 1.33 bits per heavy atom. The number of carbonyl (C=O) groups excluding carboxylic acids is 1. The van der Waals surface area contributed by atoms with Crippen molar-refractivity contribution in [3.63, 3.8) is 0 Å². The Balaban J connectivity index is 1.83. The van der Waals surface area contributed by atoms with Crippen LogP contribution >= 0.6 is 11.3 Å². The summed E-state index contributed by atoms with van der Waals surface area (Å²) in [5, 5.41) is 9.07. The average molecular weight is 303 g/mol. The van der Waals surface area contributed by atoms with E-state index in [9.17, 15) is 4.79 Å². The SMILES string of the molecule is COc1cccc(NCC(=O)N/N=C(/C)c2cccs2)c1. The van der Waals surface area contributed by atoms with Gasteiger partial charge in [0, 0.05) is 16.6 Å². The van der Waals surface area contributed by atoms with Crippen LogP contribution in [0, 0.1) is 0 Å². The first kappa shape index (κ1) is 15.1. The van der Waals surface area contributed by atoms with Gasteiger partial charge >= 0.3 is 0 Å². The Morgan fingerprint density at radius 2 is 2.19 bits per heavy atom. The highest BCUT2D eigenvalue weighted by Gasteiger charge is 2.02. The molecule has 0 saturated carbocycles. The summed E-state index contributed by atoms with van der Waals surface area (Å²) in [6.45, 7) is 2.01. The van der Waals surface area contributed by atoms with E-state index in [1.54, 1.807) is 18.4 Å². The second-order valence-corrected chi connectivity index (χ2v) is 5.24. The van der Waals surface area contributed by atoms with E-state index in [1.165, 1.54) is 0 Å². The number of thiophene rings is 1. The van der Waals surface area contributed by atoms with Crippen LogP contribution in [0.2, 0.25) is 0 Å². The van der Waals surface area contributed by atoms with Gasteiger partial charge in [-0.05, 0) is 30.5 Å². The minimum atomic E-state index is -0.200. The van der Waals surface area contributed by atoms with E-state index in [1.807, 2.05) is 48.7 Å². The number of anilines is 1. The van der Waals surface area contributed by atoms with Gasteiger partial charge in [0.2, 0.25) is 0 Å². The number of rotatable bonds is 6. The Morgan fingerprint density at radius 3 is 2.90 bits per heavy atom. The van der Waals surface area contributed by atoms with E-state index in [4.69, 9.17) is 4.74 Å². The zero-order valence-corrected chi connectivity index (χ0v) is 12.7. The molecule has 0 fully saturated rings. The monoisotopic (exact) mass is 303 g/mol. The molecule has 5 nitrogen and oxygen atoms in total. The lowest BCUT2D eigenvalue weighted by Gasteiger charge is -2.07. The lowest BCUT2D eigenvalue weighted by atomic mass is 10.3. The molecule has 0 radical (unpaired) electrons. The molecule has 0 aliphatic carbocycles. The van der Waals surface area contributed by atoms with Crippen molar-refractivity contribution in [2.24, 2.45) is 5.10 Å². The Kier molecular flexibility index (Phi) is 5.34. The first-order valence-corrected chi connectivity index (χ1v) is 7.32. The molecule has 1 heterocycles. The average Bonchev–Trinajstić information content (AvgIpc) is 3.05. The van der Waals surface area contributed by atoms with Crippen LogP contribution in [-0.2, 0) is 4.79 Å². The highest BCUT2D eigenvalue weighted by molar-refractivity contribution is 7.12. The highest BCUT2D eigenvalue weighted by Crippen LogP contribution is 2.16. The number of ether oxygens (including phenoxy) is 1. The first-order chi connectivity index (χ1) is 10.2. The van der Waals surface area contributed by atoms with Gasteiger partial charge in [-0.15, -0.1) is 11.3 Å². The van der Waals surface area contributed by atoms with E-state index >= 15 is 0 Å². The maximum Gasteiger partial charge on any atom is 0.259 e. The number of nitrogens with zero attached hydrogens (tertiary/aromatic N) is 1. The molecule has 2 aromatic rings. The summed E-state index contributed by atoms with van der Waals surface area (Å²) >= 11 is 1.59. The minimum Gasteiger partial charge on any atom is -0.497 e. The van der Waals surface area contributed by atoms with Gasteiger partial charge in [0.25, 0.3) is 5.91 Å². The molecule has 0 saturated heterocycles. The van der Waals surface area contributed by atoms with Crippen LogP contribution in [0.4, 0.5) is 5.69 Å². The maximum atomic E-state index is 11.7. The van der Waals surface area contributed by atoms with E-state index in [2.05, 4.69) is 15.8 Å². The van der Waals surface area contributed by atoms with Gasteiger partial charge in [0.05, 0.1) is 19.4 Å². The summed E-state index contributed by atoms with van der Waals surface area (Å²) in [7, 11) is 1.61. The minimum absolute atomic E-state index is 0.147. The second-order valence-electron chi connectivity index (χ2n) is 4.30. The molecule has 0 unspecified atom stereocenters. The molecule has 2 rings (SSSR count). The van der Waals surface area contributed by atoms with Crippen LogP contribution < -0.4 is 15.5 Å². The van der Waals surface area contributed by atoms with Crippen LogP contribution in [0.1, 0.15) is 11.8 Å². The molecule has 0 atom stereocenters. The molecule has 1 amide bonds. The normalized spacial score (nSPS) is 11.0. The van der Waals surface area contributed by atoms with Gasteiger partial charge in [-0.3, -0.25) is 4.79 Å². The second kappa shape index (κ2) is 7.44. The molecule has 0 aliphatic rings. The van der Waals surface area contributed by atoms with Gasteiger partial charge in [0.15, 0.2) is 0 Å². The number of benzene rings is 1. The van der Waals surface area contributed by atoms with Crippen LogP contribution in [0.25, 0.3) is 0 Å². The lowest BCUT2D eigenvalue weighted by molar-refractivity contribution is -0.119. The predicted octanol–water partition coefficient (Wildman–Crippen LogP) is 2.71. The van der Waals surface area contributed by atoms with Gasteiger partial charge in [0.1, 0.15) is 5.75 Å². The third-order valence-electron chi connectivity index (χ3n) is 2.75. The van der Waals surface area contributed by atoms with E-state index in [0.29, 0.717) is 0 Å². The van der Waals surface area contributed by atoms with Crippen LogP contribution in [-0.4, -0.2) is 25.3 Å². The summed E-state index contributed by atoms with van der Waals surface area (Å²) < 4.78 is 5.12. The molecule has 6 heteroatoms. The number of hydrogen-bond acceptors (Lipinski definition) is 5. The smallest absolute Gasteiger partial charge is 0.259 e. The van der Waals surface area contributed by atoms with Crippen molar-refractivity contribution in [2.75, 3.05) is 19.0 Å². The molecule has 1 aromatic heterocycles. The third kappa shape index (κ3) is 4.61. The summed E-state index contributed by atoms with van der Waals surface area (Å²) in [6.07, 6.45) is 0. The van der Waals surface area contributed by atoms with E-state index in [0.717, 1.165) is 22.0 Å². The molecule has 110 valence electrons. The first-order valence-electron chi connectivity index (χ1n) is 6.44. The fraction of sp³-hybridized carbons (Fsp3) is 0.200. The summed E-state index contributed by atoms with van der Waals surface area (Å²) in [5.41, 5.74) is 4.15. The van der Waals surface area contributed by atoms with Crippen molar-refractivity contribution in [1.29, 1.82) is 0 Å². The zero-order chi connectivity index (χ0) is 15.1. The molecule has 0 bridgehead atoms. The van der Waals surface area contributed by atoms with Crippen molar-refractivity contribution in [1.82, 2.24) is 5.43 Å². The van der Waals surface area contributed by atoms with E-state index < -0.39 is 0 Å². The number of methoxy groups -OCH3 is 1. The number of carbonyl (C=O) groups is 1. The molecule has 0 spiro atoms. The van der Waals surface area contributed by atoms with Crippen molar-refractivity contribution in [3.8, 4) is 5.75 Å². The zero-order valence-electron chi connectivity index (χ0n) is 11.9.